The van der Waals surface area contributed by atoms with Gasteiger partial charge in [-0.15, -0.1) is 0 Å². The van der Waals surface area contributed by atoms with Crippen LogP contribution in [0.5, 0.6) is 0 Å². The van der Waals surface area contributed by atoms with Crippen LogP contribution >= 0.6 is 0 Å². The molecule has 0 aliphatic heterocycles. The molecule has 3 aromatic rings. The molecule has 7 nitrogen and oxygen atoms in total. The zero-order valence-electron chi connectivity index (χ0n) is 14.1. The Morgan fingerprint density at radius 1 is 0.920 bits per heavy atom. The van der Waals surface area contributed by atoms with Crippen molar-refractivity contribution in [2.75, 3.05) is 13.1 Å². The Morgan fingerprint density at radius 3 is 1.88 bits per heavy atom. The van der Waals surface area contributed by atoms with Gasteiger partial charge < -0.3 is 9.13 Å². The highest BCUT2D eigenvalue weighted by molar-refractivity contribution is 7.89. The summed E-state index contributed by atoms with van der Waals surface area (Å²) in [5.41, 5.74) is 1.03. The van der Waals surface area contributed by atoms with E-state index < -0.39 is 10.0 Å². The first kappa shape index (κ1) is 17.4. The summed E-state index contributed by atoms with van der Waals surface area (Å²) in [4.78, 5) is 8.31. The number of sulfonamides is 1. The lowest BCUT2D eigenvalue weighted by atomic mass is 10.2. The molecule has 0 radical (unpaired) electrons. The summed E-state index contributed by atoms with van der Waals surface area (Å²) in [5.74, 6) is 0. The average molecular weight is 359 g/mol. The molecule has 0 spiro atoms. The average Bonchev–Trinajstić information content (AvgIpc) is 3.28. The van der Waals surface area contributed by atoms with Crippen LogP contribution in [0, 0.1) is 6.92 Å². The molecule has 0 amide bonds. The predicted molar refractivity (Wildman–Crippen MR) is 94.4 cm³/mol. The monoisotopic (exact) mass is 359 g/mol. The molecule has 0 aliphatic rings. The summed E-state index contributed by atoms with van der Waals surface area (Å²) in [6.07, 6.45) is 10.4. The van der Waals surface area contributed by atoms with Crippen molar-refractivity contribution in [1.82, 2.24) is 23.4 Å². The molecule has 132 valence electrons. The molecule has 2 aromatic heterocycles. The van der Waals surface area contributed by atoms with Gasteiger partial charge in [0.1, 0.15) is 0 Å². The molecular weight excluding hydrogens is 338 g/mol. The molecule has 3 rings (SSSR count). The summed E-state index contributed by atoms with van der Waals surface area (Å²) in [5, 5.41) is 0. The van der Waals surface area contributed by atoms with Crippen LogP contribution in [0.1, 0.15) is 5.56 Å². The van der Waals surface area contributed by atoms with Crippen molar-refractivity contribution in [2.24, 2.45) is 0 Å². The van der Waals surface area contributed by atoms with Crippen molar-refractivity contribution in [3.8, 4) is 0 Å². The lowest BCUT2D eigenvalue weighted by Gasteiger charge is -2.22. The van der Waals surface area contributed by atoms with E-state index in [4.69, 9.17) is 0 Å². The first-order chi connectivity index (χ1) is 12.1. The Labute approximate surface area is 147 Å². The van der Waals surface area contributed by atoms with Crippen molar-refractivity contribution < 1.29 is 8.42 Å². The van der Waals surface area contributed by atoms with E-state index in [0.29, 0.717) is 31.1 Å². The maximum absolute atomic E-state index is 13.0. The second-order valence-electron chi connectivity index (χ2n) is 5.82. The Balaban J connectivity index is 1.79. The first-order valence-electron chi connectivity index (χ1n) is 8.04. The number of aromatic nitrogens is 4. The lowest BCUT2D eigenvalue weighted by molar-refractivity contribution is 0.375. The first-order valence-corrected chi connectivity index (χ1v) is 9.48. The zero-order chi connectivity index (χ0) is 17.7. The van der Waals surface area contributed by atoms with Crippen molar-refractivity contribution >= 4 is 10.0 Å². The minimum atomic E-state index is -3.56. The van der Waals surface area contributed by atoms with Crippen molar-refractivity contribution in [3.63, 3.8) is 0 Å². The lowest BCUT2D eigenvalue weighted by Crippen LogP contribution is -2.36. The number of hydrogen-bond donors (Lipinski definition) is 0. The van der Waals surface area contributed by atoms with Gasteiger partial charge in [-0.1, -0.05) is 17.7 Å². The Bertz CT molecular complexity index is 834. The van der Waals surface area contributed by atoms with E-state index in [1.165, 1.54) is 4.31 Å². The van der Waals surface area contributed by atoms with Crippen LogP contribution in [0.3, 0.4) is 0 Å². The zero-order valence-corrected chi connectivity index (χ0v) is 14.9. The fourth-order valence-corrected chi connectivity index (χ4v) is 3.93. The summed E-state index contributed by atoms with van der Waals surface area (Å²) in [6, 6.07) is 6.95. The summed E-state index contributed by atoms with van der Waals surface area (Å²) >= 11 is 0. The molecule has 0 unspecified atom stereocenters. The van der Waals surface area contributed by atoms with Crippen LogP contribution in [0.4, 0.5) is 0 Å². The van der Waals surface area contributed by atoms with Crippen LogP contribution in [0.2, 0.25) is 0 Å². The van der Waals surface area contributed by atoms with Crippen molar-refractivity contribution in [3.05, 3.63) is 67.3 Å². The van der Waals surface area contributed by atoms with E-state index in [-0.39, 0.29) is 0 Å². The van der Waals surface area contributed by atoms with Crippen LogP contribution in [0.25, 0.3) is 0 Å². The van der Waals surface area contributed by atoms with Crippen LogP contribution in [-0.4, -0.2) is 44.9 Å². The number of hydrogen-bond acceptors (Lipinski definition) is 4. The number of rotatable bonds is 8. The second-order valence-corrected chi connectivity index (χ2v) is 7.76. The van der Waals surface area contributed by atoms with Crippen molar-refractivity contribution in [2.45, 2.75) is 24.9 Å². The highest BCUT2D eigenvalue weighted by atomic mass is 32.2. The third kappa shape index (κ3) is 4.34. The molecule has 0 atom stereocenters. The third-order valence-electron chi connectivity index (χ3n) is 3.99. The van der Waals surface area contributed by atoms with E-state index in [2.05, 4.69) is 9.97 Å². The number of aryl methyl sites for hydroxylation is 1. The van der Waals surface area contributed by atoms with Crippen LogP contribution in [-0.2, 0) is 23.1 Å². The third-order valence-corrected chi connectivity index (χ3v) is 5.91. The van der Waals surface area contributed by atoms with E-state index in [1.54, 1.807) is 37.2 Å². The molecule has 25 heavy (non-hydrogen) atoms. The fraction of sp³-hybridized carbons (Fsp3) is 0.294. The van der Waals surface area contributed by atoms with E-state index in [9.17, 15) is 8.42 Å². The van der Waals surface area contributed by atoms with Gasteiger partial charge in [0.15, 0.2) is 0 Å². The van der Waals surface area contributed by atoms with Gasteiger partial charge in [0, 0.05) is 51.0 Å². The maximum atomic E-state index is 13.0. The molecule has 0 saturated carbocycles. The van der Waals surface area contributed by atoms with Crippen LogP contribution < -0.4 is 0 Å². The van der Waals surface area contributed by atoms with Crippen molar-refractivity contribution in [1.29, 1.82) is 0 Å². The number of imidazole rings is 2. The highest BCUT2D eigenvalue weighted by Gasteiger charge is 2.24. The highest BCUT2D eigenvalue weighted by Crippen LogP contribution is 2.16. The second kappa shape index (κ2) is 7.62. The van der Waals surface area contributed by atoms with Crippen LogP contribution in [0.15, 0.2) is 66.6 Å². The molecule has 1 aromatic carbocycles. The smallest absolute Gasteiger partial charge is 0.243 e. The molecule has 0 saturated heterocycles. The Hall–Kier alpha value is -2.45. The number of nitrogens with zero attached hydrogens (tertiary/aromatic N) is 5. The minimum absolute atomic E-state index is 0.314. The number of benzene rings is 1. The van der Waals surface area contributed by atoms with Gasteiger partial charge in [-0.05, 0) is 19.1 Å². The molecule has 0 N–H and O–H groups in total. The fourth-order valence-electron chi connectivity index (χ4n) is 2.50. The summed E-state index contributed by atoms with van der Waals surface area (Å²) in [6.45, 7) is 3.79. The van der Waals surface area contributed by atoms with Gasteiger partial charge in [0.05, 0.1) is 17.6 Å². The topological polar surface area (TPSA) is 73.0 Å². The van der Waals surface area contributed by atoms with Gasteiger partial charge in [0.25, 0.3) is 0 Å². The quantitative estimate of drug-likeness (QED) is 0.614. The van der Waals surface area contributed by atoms with Gasteiger partial charge in [-0.3, -0.25) is 0 Å². The Morgan fingerprint density at radius 2 is 1.44 bits per heavy atom. The molecule has 2 heterocycles. The normalized spacial score (nSPS) is 11.9. The SMILES string of the molecule is Cc1ccc(S(=O)(=O)N(CCn2ccnc2)CCn2ccnc2)cc1. The largest absolute Gasteiger partial charge is 0.336 e. The van der Waals surface area contributed by atoms with Gasteiger partial charge in [-0.2, -0.15) is 4.31 Å². The molecule has 0 bridgehead atoms. The van der Waals surface area contributed by atoms with E-state index in [1.807, 2.05) is 40.6 Å². The summed E-state index contributed by atoms with van der Waals surface area (Å²) in [7, 11) is -3.56. The minimum Gasteiger partial charge on any atom is -0.336 e. The molecule has 0 fully saturated rings. The summed E-state index contributed by atoms with van der Waals surface area (Å²) < 4.78 is 31.3. The molecule has 0 aliphatic carbocycles. The van der Waals surface area contributed by atoms with Gasteiger partial charge >= 0.3 is 0 Å². The van der Waals surface area contributed by atoms with E-state index >= 15 is 0 Å². The standard InChI is InChI=1S/C17H21N5O2S/c1-16-2-4-17(5-3-16)25(23,24)22(12-10-20-8-6-18-14-20)13-11-21-9-7-19-15-21/h2-9,14-15H,10-13H2,1H3. The van der Waals surface area contributed by atoms with Gasteiger partial charge in [0.2, 0.25) is 10.0 Å². The molecule has 8 heteroatoms. The Kier molecular flexibility index (Phi) is 5.30. The predicted octanol–water partition coefficient (Wildman–Crippen LogP) is 1.78. The van der Waals surface area contributed by atoms with E-state index in [0.717, 1.165) is 5.56 Å². The maximum Gasteiger partial charge on any atom is 0.243 e. The molecular formula is C17H21N5O2S. The van der Waals surface area contributed by atoms with Gasteiger partial charge in [-0.25, -0.2) is 18.4 Å².